The van der Waals surface area contributed by atoms with Crippen LogP contribution in [0.25, 0.3) is 0 Å². The Labute approximate surface area is 153 Å². The van der Waals surface area contributed by atoms with Crippen molar-refractivity contribution in [2.24, 2.45) is 0 Å². The van der Waals surface area contributed by atoms with E-state index in [1.165, 1.54) is 5.56 Å². The molecule has 7 heteroatoms. The second-order valence-corrected chi connectivity index (χ2v) is 7.12. The van der Waals surface area contributed by atoms with Crippen LogP contribution in [0.2, 0.25) is 0 Å². The minimum atomic E-state index is -0.807. The highest BCUT2D eigenvalue weighted by Gasteiger charge is 2.41. The third-order valence-corrected chi connectivity index (χ3v) is 5.34. The molecule has 0 radical (unpaired) electrons. The van der Waals surface area contributed by atoms with E-state index in [0.717, 1.165) is 25.0 Å². The fourth-order valence-electron chi connectivity index (χ4n) is 3.67. The Kier molecular flexibility index (Phi) is 5.66. The summed E-state index contributed by atoms with van der Waals surface area (Å²) in [7, 11) is 1.65. The summed E-state index contributed by atoms with van der Waals surface area (Å²) >= 11 is 0. The number of nitrogens with one attached hydrogen (secondary N) is 2. The quantitative estimate of drug-likeness (QED) is 0.657. The van der Waals surface area contributed by atoms with Crippen molar-refractivity contribution in [2.75, 3.05) is 20.2 Å². The van der Waals surface area contributed by atoms with Gasteiger partial charge in [0.15, 0.2) is 0 Å². The number of carboxylic acids is 1. The summed E-state index contributed by atoms with van der Waals surface area (Å²) in [4.78, 5) is 25.0. The number of carboxylic acid groups (broad SMARTS) is 1. The molecule has 2 saturated carbocycles. The predicted octanol–water partition coefficient (Wildman–Crippen LogP) is 1.79. The number of aliphatic carboxylic acids is 1. The van der Waals surface area contributed by atoms with Crippen molar-refractivity contribution < 1.29 is 19.4 Å². The zero-order chi connectivity index (χ0) is 18.7. The molecule has 0 saturated heterocycles. The number of rotatable bonds is 8. The molecule has 2 aliphatic rings. The van der Waals surface area contributed by atoms with Crippen molar-refractivity contribution >= 4 is 12.0 Å². The Hall–Kier alpha value is -2.28. The Balaban J connectivity index is 1.39. The van der Waals surface area contributed by atoms with Gasteiger partial charge in [-0.15, -0.1) is 0 Å². The number of hydrogen-bond donors (Lipinski definition) is 3. The number of benzene rings is 1. The lowest BCUT2D eigenvalue weighted by molar-refractivity contribution is -0.139. The first-order valence-corrected chi connectivity index (χ1v) is 9.17. The van der Waals surface area contributed by atoms with E-state index in [-0.39, 0.29) is 30.7 Å². The first-order chi connectivity index (χ1) is 12.5. The fourth-order valence-corrected chi connectivity index (χ4v) is 3.67. The second-order valence-electron chi connectivity index (χ2n) is 7.12. The first kappa shape index (κ1) is 18.5. The summed E-state index contributed by atoms with van der Waals surface area (Å²) in [6.07, 6.45) is 2.55. The van der Waals surface area contributed by atoms with E-state index >= 15 is 0 Å². The Morgan fingerprint density at radius 1 is 1.27 bits per heavy atom. The molecule has 142 valence electrons. The molecule has 1 aromatic rings. The largest absolute Gasteiger partial charge is 0.497 e. The number of carbonyl (C=O) groups is 2. The average Bonchev–Trinajstić information content (AvgIpc) is 3.35. The second kappa shape index (κ2) is 7.95. The highest BCUT2D eigenvalue weighted by atomic mass is 16.5. The summed E-state index contributed by atoms with van der Waals surface area (Å²) in [5.41, 5.74) is 1.19. The number of methoxy groups -OCH3 is 1. The molecule has 0 aliphatic heterocycles. The third-order valence-electron chi connectivity index (χ3n) is 5.34. The Morgan fingerprint density at radius 3 is 2.69 bits per heavy atom. The molecule has 7 nitrogen and oxygen atoms in total. The van der Waals surface area contributed by atoms with E-state index in [1.54, 1.807) is 7.11 Å². The van der Waals surface area contributed by atoms with Gasteiger partial charge in [0.25, 0.3) is 0 Å². The molecule has 2 atom stereocenters. The molecule has 2 fully saturated rings. The zero-order valence-electron chi connectivity index (χ0n) is 15.3. The summed E-state index contributed by atoms with van der Waals surface area (Å²) < 4.78 is 5.25. The van der Waals surface area contributed by atoms with Gasteiger partial charge in [0.1, 0.15) is 5.75 Å². The summed E-state index contributed by atoms with van der Waals surface area (Å²) in [5, 5.41) is 14.9. The van der Waals surface area contributed by atoms with Crippen LogP contribution in [0.15, 0.2) is 24.3 Å². The van der Waals surface area contributed by atoms with Crippen molar-refractivity contribution in [1.82, 2.24) is 15.5 Å². The van der Waals surface area contributed by atoms with Crippen LogP contribution in [-0.2, 0) is 4.79 Å². The molecule has 0 bridgehead atoms. The van der Waals surface area contributed by atoms with Crippen LogP contribution in [-0.4, -0.2) is 60.3 Å². The van der Waals surface area contributed by atoms with Gasteiger partial charge in [-0.25, -0.2) is 4.79 Å². The van der Waals surface area contributed by atoms with E-state index in [1.807, 2.05) is 30.0 Å². The molecule has 3 rings (SSSR count). The van der Waals surface area contributed by atoms with Crippen LogP contribution in [0.1, 0.15) is 37.7 Å². The Morgan fingerprint density at radius 2 is 2.04 bits per heavy atom. The van der Waals surface area contributed by atoms with Crippen molar-refractivity contribution in [3.05, 3.63) is 29.8 Å². The average molecular weight is 361 g/mol. The zero-order valence-corrected chi connectivity index (χ0v) is 15.3. The van der Waals surface area contributed by atoms with E-state index in [4.69, 9.17) is 9.84 Å². The smallest absolute Gasteiger partial charge is 0.317 e. The molecule has 1 aromatic carbocycles. The van der Waals surface area contributed by atoms with Gasteiger partial charge < -0.3 is 20.5 Å². The number of hydrogen-bond acceptors (Lipinski definition) is 4. The summed E-state index contributed by atoms with van der Waals surface area (Å²) in [5.74, 6) is 0.370. The number of urea groups is 1. The highest BCUT2D eigenvalue weighted by Crippen LogP contribution is 2.41. The van der Waals surface area contributed by atoms with Crippen LogP contribution in [0, 0.1) is 0 Å². The van der Waals surface area contributed by atoms with Crippen LogP contribution >= 0.6 is 0 Å². The molecule has 2 amide bonds. The van der Waals surface area contributed by atoms with E-state index in [0.29, 0.717) is 12.5 Å². The molecule has 2 aliphatic carbocycles. The number of likely N-dealkylation sites (N-methyl/N-ethyl adjacent to an activating group) is 1. The fraction of sp³-hybridized carbons (Fsp3) is 0.579. The van der Waals surface area contributed by atoms with Crippen molar-refractivity contribution in [3.8, 4) is 5.75 Å². The minimum Gasteiger partial charge on any atom is -0.497 e. The number of carbonyl (C=O) groups excluding carboxylic acids is 1. The molecular formula is C19H27N3O4. The van der Waals surface area contributed by atoms with Crippen LogP contribution in [0.5, 0.6) is 5.75 Å². The maximum absolute atomic E-state index is 12.2. The van der Waals surface area contributed by atoms with Crippen molar-refractivity contribution in [2.45, 2.75) is 50.2 Å². The molecular weight excluding hydrogens is 334 g/mol. The topological polar surface area (TPSA) is 90.9 Å². The third kappa shape index (κ3) is 4.46. The number of ether oxygens (including phenoxy) is 1. The lowest BCUT2D eigenvalue weighted by Gasteiger charge is -2.42. The molecule has 0 heterocycles. The van der Waals surface area contributed by atoms with E-state index in [2.05, 4.69) is 16.7 Å². The van der Waals surface area contributed by atoms with Gasteiger partial charge >= 0.3 is 12.0 Å². The first-order valence-electron chi connectivity index (χ1n) is 9.17. The van der Waals surface area contributed by atoms with Crippen LogP contribution in [0.4, 0.5) is 4.79 Å². The van der Waals surface area contributed by atoms with Gasteiger partial charge in [-0.2, -0.15) is 0 Å². The molecule has 0 unspecified atom stereocenters. The van der Waals surface area contributed by atoms with Crippen molar-refractivity contribution in [1.29, 1.82) is 0 Å². The standard InChI is InChI=1S/C19H27N3O4/c1-3-22(11-18(23)24)14-8-13(9-14)20-19(25)21-17-10-16(17)12-5-4-6-15(7-12)26-2/h4-7,13-14,16-17H,3,8-11H2,1-2H3,(H,23,24)(H2,20,21,25)/t13?,14?,16-,17+/m0/s1. The lowest BCUT2D eigenvalue weighted by atomic mass is 9.85. The molecule has 26 heavy (non-hydrogen) atoms. The monoisotopic (exact) mass is 361 g/mol. The maximum atomic E-state index is 12.2. The van der Waals surface area contributed by atoms with Gasteiger partial charge in [0.2, 0.25) is 0 Å². The Bertz CT molecular complexity index is 660. The van der Waals surface area contributed by atoms with Crippen LogP contribution in [0.3, 0.4) is 0 Å². The van der Waals surface area contributed by atoms with Gasteiger partial charge in [-0.3, -0.25) is 9.69 Å². The number of amides is 2. The molecule has 0 aromatic heterocycles. The maximum Gasteiger partial charge on any atom is 0.317 e. The summed E-state index contributed by atoms with van der Waals surface area (Å²) in [6.45, 7) is 2.73. The normalized spacial score (nSPS) is 26.7. The van der Waals surface area contributed by atoms with Crippen molar-refractivity contribution in [3.63, 3.8) is 0 Å². The van der Waals surface area contributed by atoms with Gasteiger partial charge in [0.05, 0.1) is 13.7 Å². The lowest BCUT2D eigenvalue weighted by Crippen LogP contribution is -2.56. The molecule has 0 spiro atoms. The van der Waals surface area contributed by atoms with Gasteiger partial charge in [-0.1, -0.05) is 19.1 Å². The summed E-state index contributed by atoms with van der Waals surface area (Å²) in [6, 6.07) is 8.35. The highest BCUT2D eigenvalue weighted by molar-refractivity contribution is 5.75. The molecule has 3 N–H and O–H groups in total. The SMILES string of the molecule is CCN(CC(=O)O)C1CC(NC(=O)N[C@@H]2C[C@H]2c2cccc(OC)c2)C1. The van der Waals surface area contributed by atoms with Gasteiger partial charge in [0, 0.05) is 24.0 Å². The number of nitrogens with zero attached hydrogens (tertiary/aromatic N) is 1. The van der Waals surface area contributed by atoms with Gasteiger partial charge in [-0.05, 0) is 43.5 Å². The van der Waals surface area contributed by atoms with Crippen LogP contribution < -0.4 is 15.4 Å². The van der Waals surface area contributed by atoms with E-state index in [9.17, 15) is 9.59 Å². The van der Waals surface area contributed by atoms with E-state index < -0.39 is 5.97 Å². The minimum absolute atomic E-state index is 0.0599. The predicted molar refractivity (Wildman–Crippen MR) is 97.5 cm³/mol.